The third-order valence-electron chi connectivity index (χ3n) is 2.68. The zero-order valence-electron chi connectivity index (χ0n) is 11.0. The molecule has 0 bridgehead atoms. The van der Waals surface area contributed by atoms with E-state index in [1.165, 1.54) is 0 Å². The number of carbonyl (C=O) groups excluding carboxylic acids is 1. The van der Waals surface area contributed by atoms with Crippen LogP contribution in [0, 0.1) is 6.92 Å². The Balaban J connectivity index is 2.13. The van der Waals surface area contributed by atoms with E-state index in [9.17, 15) is 4.79 Å². The minimum absolute atomic E-state index is 0.153. The average Bonchev–Trinajstić information content (AvgIpc) is 2.83. The molecule has 1 heterocycles. The Hall–Kier alpha value is -1.69. The van der Waals surface area contributed by atoms with Gasteiger partial charge in [0.15, 0.2) is 0 Å². The van der Waals surface area contributed by atoms with Crippen LogP contribution in [0.3, 0.4) is 0 Å². The van der Waals surface area contributed by atoms with E-state index in [-0.39, 0.29) is 17.6 Å². The molecule has 0 aliphatic rings. The van der Waals surface area contributed by atoms with Gasteiger partial charge in [-0.05, 0) is 24.6 Å². The van der Waals surface area contributed by atoms with Crippen molar-refractivity contribution in [3.8, 4) is 0 Å². The summed E-state index contributed by atoms with van der Waals surface area (Å²) < 4.78 is 0.947. The first-order chi connectivity index (χ1) is 8.97. The van der Waals surface area contributed by atoms with Crippen molar-refractivity contribution < 1.29 is 4.79 Å². The molecule has 1 amide bonds. The van der Waals surface area contributed by atoms with Crippen LogP contribution in [0.4, 0.5) is 5.69 Å². The van der Waals surface area contributed by atoms with Crippen LogP contribution in [-0.2, 0) is 0 Å². The Morgan fingerprint density at radius 2 is 2.16 bits per heavy atom. The Bertz CT molecular complexity index is 606. The maximum absolute atomic E-state index is 12.0. The first-order valence-electron chi connectivity index (χ1n) is 5.97. The highest BCUT2D eigenvalue weighted by Crippen LogP contribution is 2.20. The molecule has 0 fully saturated rings. The molecule has 0 saturated heterocycles. The van der Waals surface area contributed by atoms with Gasteiger partial charge in [0.05, 0.1) is 0 Å². The van der Waals surface area contributed by atoms with Gasteiger partial charge in [0, 0.05) is 16.1 Å². The molecule has 1 aromatic carbocycles. The van der Waals surface area contributed by atoms with Crippen LogP contribution < -0.4 is 5.32 Å². The molecule has 6 heteroatoms. The number of nitrogens with zero attached hydrogens (tertiary/aromatic N) is 2. The Morgan fingerprint density at radius 3 is 2.74 bits per heavy atom. The molecule has 5 nitrogen and oxygen atoms in total. The van der Waals surface area contributed by atoms with Crippen LogP contribution >= 0.6 is 15.9 Å². The van der Waals surface area contributed by atoms with Crippen LogP contribution in [-0.4, -0.2) is 21.1 Å². The summed E-state index contributed by atoms with van der Waals surface area (Å²) >= 11 is 3.43. The van der Waals surface area contributed by atoms with Crippen molar-refractivity contribution >= 4 is 27.5 Å². The Labute approximate surface area is 120 Å². The van der Waals surface area contributed by atoms with Crippen molar-refractivity contribution in [2.45, 2.75) is 26.7 Å². The van der Waals surface area contributed by atoms with E-state index in [2.05, 4.69) is 36.4 Å². The highest BCUT2D eigenvalue weighted by atomic mass is 79.9. The largest absolute Gasteiger partial charge is 0.319 e. The summed E-state index contributed by atoms with van der Waals surface area (Å²) in [5, 5.41) is 9.44. The second-order valence-corrected chi connectivity index (χ2v) is 5.47. The number of hydrogen-bond acceptors (Lipinski definition) is 3. The molecule has 0 atom stereocenters. The van der Waals surface area contributed by atoms with Crippen molar-refractivity contribution in [1.82, 2.24) is 15.2 Å². The van der Waals surface area contributed by atoms with Crippen molar-refractivity contribution in [1.29, 1.82) is 0 Å². The number of anilines is 1. The number of carbonyl (C=O) groups is 1. The molecule has 2 N–H and O–H groups in total. The third-order valence-corrected chi connectivity index (χ3v) is 3.54. The first kappa shape index (κ1) is 13.7. The van der Waals surface area contributed by atoms with Gasteiger partial charge in [0.2, 0.25) is 5.82 Å². The van der Waals surface area contributed by atoms with Gasteiger partial charge < -0.3 is 5.32 Å². The minimum Gasteiger partial charge on any atom is -0.319 e. The molecular formula is C13H15BrN4O. The van der Waals surface area contributed by atoms with Crippen LogP contribution in [0.1, 0.15) is 41.8 Å². The number of halogens is 1. The predicted octanol–water partition coefficient (Wildman–Crippen LogP) is 3.25. The fourth-order valence-corrected chi connectivity index (χ4v) is 1.87. The number of benzene rings is 1. The molecule has 19 heavy (non-hydrogen) atoms. The quantitative estimate of drug-likeness (QED) is 0.911. The average molecular weight is 323 g/mol. The van der Waals surface area contributed by atoms with Crippen LogP contribution in [0.2, 0.25) is 0 Å². The van der Waals surface area contributed by atoms with Crippen LogP contribution in [0.5, 0.6) is 0 Å². The fourth-order valence-electron chi connectivity index (χ4n) is 1.49. The summed E-state index contributed by atoms with van der Waals surface area (Å²) in [5.74, 6) is 0.747. The smallest absolute Gasteiger partial charge is 0.295 e. The summed E-state index contributed by atoms with van der Waals surface area (Å²) in [4.78, 5) is 16.1. The summed E-state index contributed by atoms with van der Waals surface area (Å²) in [6.45, 7) is 5.96. The first-order valence-corrected chi connectivity index (χ1v) is 6.76. The maximum atomic E-state index is 12.0. The second-order valence-electron chi connectivity index (χ2n) is 4.62. The molecule has 100 valence electrons. The van der Waals surface area contributed by atoms with E-state index in [1.54, 1.807) is 0 Å². The lowest BCUT2D eigenvalue weighted by Gasteiger charge is -2.04. The van der Waals surface area contributed by atoms with E-state index in [1.807, 2.05) is 39.0 Å². The SMILES string of the molecule is Cc1ccc(NC(=O)c2n[nH]c(C(C)C)n2)cc1Br. The van der Waals surface area contributed by atoms with E-state index in [4.69, 9.17) is 0 Å². The standard InChI is InChI=1S/C13H15BrN4O/c1-7(2)11-16-12(18-17-11)13(19)15-9-5-4-8(3)10(14)6-9/h4-7H,1-3H3,(H,15,19)(H,16,17,18). The van der Waals surface area contributed by atoms with Crippen molar-refractivity contribution in [3.05, 3.63) is 39.9 Å². The predicted molar refractivity (Wildman–Crippen MR) is 77.3 cm³/mol. The second kappa shape index (κ2) is 5.52. The van der Waals surface area contributed by atoms with Gasteiger partial charge in [-0.1, -0.05) is 35.8 Å². The summed E-state index contributed by atoms with van der Waals surface area (Å²) in [7, 11) is 0. The van der Waals surface area contributed by atoms with Crippen molar-refractivity contribution in [2.75, 3.05) is 5.32 Å². The molecule has 0 aliphatic heterocycles. The summed E-state index contributed by atoms with van der Waals surface area (Å²) in [6.07, 6.45) is 0. The number of aromatic amines is 1. The fraction of sp³-hybridized carbons (Fsp3) is 0.308. The lowest BCUT2D eigenvalue weighted by atomic mass is 10.2. The number of hydrogen-bond donors (Lipinski definition) is 2. The number of aromatic nitrogens is 3. The van der Waals surface area contributed by atoms with E-state index in [0.29, 0.717) is 11.5 Å². The van der Waals surface area contributed by atoms with Gasteiger partial charge in [0.25, 0.3) is 5.91 Å². The minimum atomic E-state index is -0.320. The topological polar surface area (TPSA) is 70.7 Å². The lowest BCUT2D eigenvalue weighted by Crippen LogP contribution is -2.14. The highest BCUT2D eigenvalue weighted by molar-refractivity contribution is 9.10. The maximum Gasteiger partial charge on any atom is 0.295 e. The van der Waals surface area contributed by atoms with Crippen molar-refractivity contribution in [3.63, 3.8) is 0 Å². The molecule has 0 spiro atoms. The monoisotopic (exact) mass is 322 g/mol. The molecule has 2 aromatic rings. The lowest BCUT2D eigenvalue weighted by molar-refractivity contribution is 0.101. The number of aryl methyl sites for hydroxylation is 1. The molecule has 2 rings (SSSR count). The Morgan fingerprint density at radius 1 is 1.42 bits per heavy atom. The van der Waals surface area contributed by atoms with Crippen LogP contribution in [0.25, 0.3) is 0 Å². The van der Waals surface area contributed by atoms with E-state index < -0.39 is 0 Å². The summed E-state index contributed by atoms with van der Waals surface area (Å²) in [6, 6.07) is 5.62. The zero-order valence-corrected chi connectivity index (χ0v) is 12.6. The molecular weight excluding hydrogens is 308 g/mol. The number of H-pyrrole nitrogens is 1. The molecule has 0 unspecified atom stereocenters. The van der Waals surface area contributed by atoms with Gasteiger partial charge in [0.1, 0.15) is 5.82 Å². The number of rotatable bonds is 3. The van der Waals surface area contributed by atoms with Gasteiger partial charge in [-0.25, -0.2) is 4.98 Å². The van der Waals surface area contributed by atoms with E-state index >= 15 is 0 Å². The number of nitrogens with one attached hydrogen (secondary N) is 2. The van der Waals surface area contributed by atoms with E-state index in [0.717, 1.165) is 10.0 Å². The highest BCUT2D eigenvalue weighted by Gasteiger charge is 2.14. The number of amides is 1. The Kier molecular flexibility index (Phi) is 3.99. The van der Waals surface area contributed by atoms with Crippen molar-refractivity contribution in [2.24, 2.45) is 0 Å². The van der Waals surface area contributed by atoms with Gasteiger partial charge in [-0.15, -0.1) is 5.10 Å². The molecule has 1 aromatic heterocycles. The normalized spacial score (nSPS) is 10.8. The van der Waals surface area contributed by atoms with Gasteiger partial charge >= 0.3 is 0 Å². The summed E-state index contributed by atoms with van der Waals surface area (Å²) in [5.41, 5.74) is 1.82. The molecule has 0 aliphatic carbocycles. The van der Waals surface area contributed by atoms with Gasteiger partial charge in [-0.2, -0.15) is 0 Å². The molecule has 0 radical (unpaired) electrons. The molecule has 0 saturated carbocycles. The third kappa shape index (κ3) is 3.20. The zero-order chi connectivity index (χ0) is 14.0. The van der Waals surface area contributed by atoms with Crippen LogP contribution in [0.15, 0.2) is 22.7 Å². The van der Waals surface area contributed by atoms with Gasteiger partial charge in [-0.3, -0.25) is 9.89 Å².